The van der Waals surface area contributed by atoms with Crippen LogP contribution in [-0.2, 0) is 0 Å². The molecule has 0 bridgehead atoms. The summed E-state index contributed by atoms with van der Waals surface area (Å²) in [6.45, 7) is 3.74. The number of carbonyl (C=O) groups excluding carboxylic acids is 2. The van der Waals surface area contributed by atoms with Crippen LogP contribution < -0.4 is 5.32 Å². The number of hydrogen-bond acceptors (Lipinski definition) is 5. The lowest BCUT2D eigenvalue weighted by Gasteiger charge is -2.07. The Hall–Kier alpha value is -1.96. The Morgan fingerprint density at radius 1 is 1.16 bits per heavy atom. The number of anilines is 1. The number of hydrogen-bond donors (Lipinski definition) is 1. The van der Waals surface area contributed by atoms with Crippen molar-refractivity contribution in [1.82, 2.24) is 9.88 Å². The summed E-state index contributed by atoms with van der Waals surface area (Å²) < 4.78 is 0.967. The van der Waals surface area contributed by atoms with Crippen LogP contribution in [0.15, 0.2) is 18.2 Å². The number of rotatable bonds is 3. The average molecular weight is 394 g/mol. The maximum Gasteiger partial charge on any atom is 0.269 e. The first kappa shape index (κ1) is 17.8. The summed E-state index contributed by atoms with van der Waals surface area (Å²) in [5, 5.41) is 4.44. The van der Waals surface area contributed by atoms with E-state index < -0.39 is 0 Å². The minimum absolute atomic E-state index is 0.133. The first-order valence-electron chi connectivity index (χ1n) is 7.47. The van der Waals surface area contributed by atoms with Gasteiger partial charge in [-0.25, -0.2) is 4.98 Å². The summed E-state index contributed by atoms with van der Waals surface area (Å²) in [6.07, 6.45) is 0. The lowest BCUT2D eigenvalue weighted by molar-refractivity contribution is 0.0831. The van der Waals surface area contributed by atoms with Crippen LogP contribution in [0.25, 0.3) is 10.1 Å². The fourth-order valence-electron chi connectivity index (χ4n) is 2.32. The van der Waals surface area contributed by atoms with E-state index in [-0.39, 0.29) is 11.8 Å². The van der Waals surface area contributed by atoms with Crippen molar-refractivity contribution in [1.29, 1.82) is 0 Å². The minimum Gasteiger partial charge on any atom is -0.344 e. The smallest absolute Gasteiger partial charge is 0.269 e. The standard InChI is InChI=1S/C17H16ClN3O2S2/c1-8-5-6-10-11(7-8)24-14(12(10)18)15(22)20-17-19-9(2)13(25-17)16(23)21(3)4/h5-7H,1-4H3,(H,19,20,22). The molecule has 25 heavy (non-hydrogen) atoms. The van der Waals surface area contributed by atoms with Crippen molar-refractivity contribution >= 4 is 61.3 Å². The number of nitrogens with zero attached hydrogens (tertiary/aromatic N) is 2. The van der Waals surface area contributed by atoms with E-state index in [1.807, 2.05) is 25.1 Å². The van der Waals surface area contributed by atoms with Crippen LogP contribution in [0.5, 0.6) is 0 Å². The molecule has 5 nitrogen and oxygen atoms in total. The summed E-state index contributed by atoms with van der Waals surface area (Å²) in [5.74, 6) is -0.452. The molecule has 130 valence electrons. The average Bonchev–Trinajstić information content (AvgIpc) is 3.06. The van der Waals surface area contributed by atoms with E-state index in [1.165, 1.54) is 16.2 Å². The highest BCUT2D eigenvalue weighted by Crippen LogP contribution is 2.36. The van der Waals surface area contributed by atoms with Crippen LogP contribution in [0.2, 0.25) is 5.02 Å². The minimum atomic E-state index is -0.318. The Morgan fingerprint density at radius 2 is 1.88 bits per heavy atom. The molecule has 0 aliphatic heterocycles. The molecule has 0 fully saturated rings. The summed E-state index contributed by atoms with van der Waals surface area (Å²) in [6, 6.07) is 5.89. The second-order valence-corrected chi connectivity index (χ2v) is 8.26. The molecule has 0 radical (unpaired) electrons. The molecule has 0 saturated carbocycles. The Balaban J connectivity index is 1.89. The van der Waals surface area contributed by atoms with Crippen molar-refractivity contribution in [3.05, 3.63) is 44.2 Å². The van der Waals surface area contributed by atoms with E-state index >= 15 is 0 Å². The zero-order chi connectivity index (χ0) is 18.3. The van der Waals surface area contributed by atoms with Gasteiger partial charge in [0.15, 0.2) is 5.13 Å². The highest BCUT2D eigenvalue weighted by atomic mass is 35.5. The molecule has 3 rings (SSSR count). The largest absolute Gasteiger partial charge is 0.344 e. The van der Waals surface area contributed by atoms with Crippen molar-refractivity contribution in [2.24, 2.45) is 0 Å². The van der Waals surface area contributed by atoms with Gasteiger partial charge in [0.05, 0.1) is 10.7 Å². The third kappa shape index (κ3) is 3.40. The number of benzene rings is 1. The molecular weight excluding hydrogens is 378 g/mol. The van der Waals surface area contributed by atoms with E-state index in [1.54, 1.807) is 21.0 Å². The maximum atomic E-state index is 12.6. The molecule has 2 heterocycles. The number of amides is 2. The number of thiophene rings is 1. The number of aromatic nitrogens is 1. The van der Waals surface area contributed by atoms with Gasteiger partial charge in [0.2, 0.25) is 0 Å². The zero-order valence-corrected chi connectivity index (χ0v) is 16.5. The Morgan fingerprint density at radius 3 is 2.56 bits per heavy atom. The summed E-state index contributed by atoms with van der Waals surface area (Å²) in [5.41, 5.74) is 1.71. The highest BCUT2D eigenvalue weighted by molar-refractivity contribution is 7.22. The molecule has 0 atom stereocenters. The number of halogens is 1. The summed E-state index contributed by atoms with van der Waals surface area (Å²) >= 11 is 8.88. The van der Waals surface area contributed by atoms with Gasteiger partial charge in [0.1, 0.15) is 9.75 Å². The van der Waals surface area contributed by atoms with Crippen molar-refractivity contribution < 1.29 is 9.59 Å². The van der Waals surface area contributed by atoms with Crippen LogP contribution in [0.1, 0.15) is 30.6 Å². The zero-order valence-electron chi connectivity index (χ0n) is 14.1. The SMILES string of the molecule is Cc1ccc2c(Cl)c(C(=O)Nc3nc(C)c(C(=O)N(C)C)s3)sc2c1. The van der Waals surface area contributed by atoms with Gasteiger partial charge < -0.3 is 4.90 Å². The van der Waals surface area contributed by atoms with Gasteiger partial charge in [-0.1, -0.05) is 35.1 Å². The lowest BCUT2D eigenvalue weighted by atomic mass is 10.2. The molecule has 0 aliphatic rings. The number of thiazole rings is 1. The van der Waals surface area contributed by atoms with Crippen LogP contribution in [0.4, 0.5) is 5.13 Å². The van der Waals surface area contributed by atoms with Gasteiger partial charge in [-0.2, -0.15) is 0 Å². The summed E-state index contributed by atoms with van der Waals surface area (Å²) in [7, 11) is 3.36. The predicted octanol–water partition coefficient (Wildman–Crippen LogP) is 4.58. The Kier molecular flexibility index (Phi) is 4.81. The Labute approximate surface area is 158 Å². The van der Waals surface area contributed by atoms with Gasteiger partial charge in [-0.3, -0.25) is 14.9 Å². The van der Waals surface area contributed by atoms with Crippen molar-refractivity contribution in [2.75, 3.05) is 19.4 Å². The molecule has 8 heteroatoms. The van der Waals surface area contributed by atoms with Gasteiger partial charge in [-0.15, -0.1) is 11.3 Å². The van der Waals surface area contributed by atoms with Gasteiger partial charge in [0.25, 0.3) is 11.8 Å². The fraction of sp³-hybridized carbons (Fsp3) is 0.235. The van der Waals surface area contributed by atoms with E-state index in [0.717, 1.165) is 27.0 Å². The maximum absolute atomic E-state index is 12.6. The molecule has 0 aliphatic carbocycles. The first-order chi connectivity index (χ1) is 11.8. The molecule has 1 aromatic carbocycles. The molecule has 3 aromatic rings. The molecule has 0 unspecified atom stereocenters. The predicted molar refractivity (Wildman–Crippen MR) is 104 cm³/mol. The normalized spacial score (nSPS) is 10.9. The van der Waals surface area contributed by atoms with Crippen LogP contribution in [-0.4, -0.2) is 35.8 Å². The van der Waals surface area contributed by atoms with E-state index in [9.17, 15) is 9.59 Å². The highest BCUT2D eigenvalue weighted by Gasteiger charge is 2.21. The van der Waals surface area contributed by atoms with Crippen molar-refractivity contribution in [3.63, 3.8) is 0 Å². The molecule has 1 N–H and O–H groups in total. The fourth-order valence-corrected chi connectivity index (χ4v) is 4.82. The number of carbonyl (C=O) groups is 2. The van der Waals surface area contributed by atoms with Crippen LogP contribution in [0, 0.1) is 13.8 Å². The van der Waals surface area contributed by atoms with Crippen molar-refractivity contribution in [2.45, 2.75) is 13.8 Å². The van der Waals surface area contributed by atoms with E-state index in [0.29, 0.717) is 25.6 Å². The summed E-state index contributed by atoms with van der Waals surface area (Å²) in [4.78, 5) is 31.4. The van der Waals surface area contributed by atoms with Crippen molar-refractivity contribution in [3.8, 4) is 0 Å². The Bertz CT molecular complexity index is 991. The van der Waals surface area contributed by atoms with Crippen LogP contribution in [0.3, 0.4) is 0 Å². The third-order valence-electron chi connectivity index (χ3n) is 3.61. The number of nitrogens with one attached hydrogen (secondary N) is 1. The second-order valence-electron chi connectivity index (χ2n) is 5.83. The molecule has 2 amide bonds. The number of fused-ring (bicyclic) bond motifs is 1. The van der Waals surface area contributed by atoms with E-state index in [4.69, 9.17) is 11.6 Å². The second kappa shape index (κ2) is 6.74. The number of aryl methyl sites for hydroxylation is 2. The molecule has 0 spiro atoms. The first-order valence-corrected chi connectivity index (χ1v) is 9.48. The van der Waals surface area contributed by atoms with E-state index in [2.05, 4.69) is 10.3 Å². The van der Waals surface area contributed by atoms with Crippen LogP contribution >= 0.6 is 34.3 Å². The molecule has 2 aromatic heterocycles. The molecular formula is C17H16ClN3O2S2. The third-order valence-corrected chi connectivity index (χ3v) is 6.33. The quantitative estimate of drug-likeness (QED) is 0.708. The topological polar surface area (TPSA) is 62.3 Å². The molecule has 0 saturated heterocycles. The van der Waals surface area contributed by atoms with Gasteiger partial charge >= 0.3 is 0 Å². The van der Waals surface area contributed by atoms with Gasteiger partial charge in [-0.05, 0) is 25.5 Å². The van der Waals surface area contributed by atoms with Gasteiger partial charge in [0, 0.05) is 24.2 Å². The lowest BCUT2D eigenvalue weighted by Crippen LogP contribution is -2.21. The monoisotopic (exact) mass is 393 g/mol.